The van der Waals surface area contributed by atoms with Crippen LogP contribution in [0.15, 0.2) is 30.5 Å². The van der Waals surface area contributed by atoms with Gasteiger partial charge in [0.2, 0.25) is 5.95 Å². The van der Waals surface area contributed by atoms with Gasteiger partial charge in [-0.15, -0.1) is 0 Å². The maximum absolute atomic E-state index is 13.7. The SMILES string of the molecule is C[C@@H](NC(=O)Nc1nccc(N(C)C)n1)c1ccc(F)cc1F. The summed E-state index contributed by atoms with van der Waals surface area (Å²) in [5.74, 6) is -0.631. The van der Waals surface area contributed by atoms with Gasteiger partial charge in [0.25, 0.3) is 0 Å². The molecule has 0 spiro atoms. The van der Waals surface area contributed by atoms with Gasteiger partial charge < -0.3 is 10.2 Å². The quantitative estimate of drug-likeness (QED) is 0.908. The fraction of sp³-hybridized carbons (Fsp3) is 0.267. The normalized spacial score (nSPS) is 11.7. The van der Waals surface area contributed by atoms with E-state index in [0.29, 0.717) is 5.82 Å². The standard InChI is InChI=1S/C15H17F2N5O/c1-9(11-5-4-10(16)8-12(11)17)19-15(23)21-14-18-7-6-13(20-14)22(2)3/h4-9H,1-3H3,(H2,18,19,20,21,23)/t9-/m1/s1. The Kier molecular flexibility index (Phi) is 5.05. The third-order valence-electron chi connectivity index (χ3n) is 3.10. The van der Waals surface area contributed by atoms with Crippen molar-refractivity contribution < 1.29 is 13.6 Å². The molecular weight excluding hydrogens is 304 g/mol. The van der Waals surface area contributed by atoms with Crippen molar-refractivity contribution in [3.05, 3.63) is 47.7 Å². The van der Waals surface area contributed by atoms with Crippen LogP contribution >= 0.6 is 0 Å². The van der Waals surface area contributed by atoms with Gasteiger partial charge in [0.05, 0.1) is 6.04 Å². The summed E-state index contributed by atoms with van der Waals surface area (Å²) in [4.78, 5) is 21.8. The van der Waals surface area contributed by atoms with E-state index in [1.165, 1.54) is 12.3 Å². The highest BCUT2D eigenvalue weighted by molar-refractivity contribution is 5.87. The third kappa shape index (κ3) is 4.35. The molecule has 0 aliphatic heterocycles. The molecule has 0 saturated heterocycles. The molecule has 23 heavy (non-hydrogen) atoms. The summed E-state index contributed by atoms with van der Waals surface area (Å²) in [6, 6.07) is 3.66. The molecule has 0 radical (unpaired) electrons. The van der Waals surface area contributed by atoms with Crippen LogP contribution in [0.5, 0.6) is 0 Å². The number of nitrogens with zero attached hydrogens (tertiary/aromatic N) is 3. The predicted octanol–water partition coefficient (Wildman–Crippen LogP) is 2.70. The molecule has 1 heterocycles. The van der Waals surface area contributed by atoms with Crippen LogP contribution in [0, 0.1) is 11.6 Å². The number of anilines is 2. The maximum Gasteiger partial charge on any atom is 0.322 e. The molecule has 0 bridgehead atoms. The van der Waals surface area contributed by atoms with Gasteiger partial charge in [-0.3, -0.25) is 5.32 Å². The second-order valence-corrected chi connectivity index (χ2v) is 5.12. The molecule has 1 atom stereocenters. The smallest absolute Gasteiger partial charge is 0.322 e. The monoisotopic (exact) mass is 321 g/mol. The lowest BCUT2D eigenvalue weighted by Gasteiger charge is -2.16. The zero-order chi connectivity index (χ0) is 17.0. The minimum Gasteiger partial charge on any atom is -0.363 e. The molecule has 2 N–H and O–H groups in total. The minimum absolute atomic E-state index is 0.125. The van der Waals surface area contributed by atoms with Crippen molar-refractivity contribution in [1.82, 2.24) is 15.3 Å². The van der Waals surface area contributed by atoms with Gasteiger partial charge >= 0.3 is 6.03 Å². The Morgan fingerprint density at radius 1 is 1.26 bits per heavy atom. The van der Waals surface area contributed by atoms with E-state index in [4.69, 9.17) is 0 Å². The Hall–Kier alpha value is -2.77. The van der Waals surface area contributed by atoms with Crippen LogP contribution in [0.1, 0.15) is 18.5 Å². The average molecular weight is 321 g/mol. The highest BCUT2D eigenvalue weighted by Gasteiger charge is 2.15. The van der Waals surface area contributed by atoms with Gasteiger partial charge in [-0.25, -0.2) is 18.6 Å². The van der Waals surface area contributed by atoms with Gasteiger partial charge in [-0.2, -0.15) is 4.98 Å². The molecule has 0 fully saturated rings. The molecule has 6 nitrogen and oxygen atoms in total. The number of nitrogens with one attached hydrogen (secondary N) is 2. The van der Waals surface area contributed by atoms with E-state index in [0.717, 1.165) is 12.1 Å². The van der Waals surface area contributed by atoms with Gasteiger partial charge in [0, 0.05) is 31.9 Å². The summed E-state index contributed by atoms with van der Waals surface area (Å²) in [5.41, 5.74) is 0.185. The molecule has 0 aliphatic carbocycles. The maximum atomic E-state index is 13.7. The van der Waals surface area contributed by atoms with Crippen molar-refractivity contribution >= 4 is 17.8 Å². The number of carbonyl (C=O) groups excluding carboxylic acids is 1. The van der Waals surface area contributed by atoms with Gasteiger partial charge in [-0.1, -0.05) is 6.07 Å². The number of amides is 2. The van der Waals surface area contributed by atoms with Gasteiger partial charge in [0.1, 0.15) is 17.5 Å². The second kappa shape index (κ2) is 6.99. The molecule has 122 valence electrons. The van der Waals surface area contributed by atoms with Crippen molar-refractivity contribution in [3.63, 3.8) is 0 Å². The summed E-state index contributed by atoms with van der Waals surface area (Å²) in [7, 11) is 3.62. The molecule has 2 aromatic rings. The highest BCUT2D eigenvalue weighted by atomic mass is 19.1. The van der Waals surface area contributed by atoms with E-state index < -0.39 is 23.7 Å². The Morgan fingerprint density at radius 3 is 2.65 bits per heavy atom. The van der Waals surface area contributed by atoms with Crippen LogP contribution in [-0.4, -0.2) is 30.1 Å². The number of hydrogen-bond acceptors (Lipinski definition) is 4. The number of urea groups is 1. The molecule has 8 heteroatoms. The van der Waals surface area contributed by atoms with Crippen molar-refractivity contribution in [3.8, 4) is 0 Å². The summed E-state index contributed by atoms with van der Waals surface area (Å²) in [6.45, 7) is 1.59. The lowest BCUT2D eigenvalue weighted by Crippen LogP contribution is -2.32. The predicted molar refractivity (Wildman–Crippen MR) is 83.3 cm³/mol. The Balaban J connectivity index is 2.03. The molecule has 1 aromatic heterocycles. The lowest BCUT2D eigenvalue weighted by atomic mass is 10.1. The van der Waals surface area contributed by atoms with Crippen LogP contribution in [-0.2, 0) is 0 Å². The first-order valence-corrected chi connectivity index (χ1v) is 6.89. The molecule has 0 unspecified atom stereocenters. The second-order valence-electron chi connectivity index (χ2n) is 5.12. The molecule has 2 amide bonds. The fourth-order valence-electron chi connectivity index (χ4n) is 1.92. The molecule has 0 saturated carbocycles. The first-order valence-electron chi connectivity index (χ1n) is 6.89. The highest BCUT2D eigenvalue weighted by Crippen LogP contribution is 2.17. The van der Waals surface area contributed by atoms with E-state index in [1.54, 1.807) is 17.9 Å². The van der Waals surface area contributed by atoms with Crippen LogP contribution in [0.25, 0.3) is 0 Å². The lowest BCUT2D eigenvalue weighted by molar-refractivity contribution is 0.249. The van der Waals surface area contributed by atoms with Crippen LogP contribution < -0.4 is 15.5 Å². The number of hydrogen-bond donors (Lipinski definition) is 2. The van der Waals surface area contributed by atoms with Crippen molar-refractivity contribution in [1.29, 1.82) is 0 Å². The number of halogens is 2. The first-order chi connectivity index (χ1) is 10.9. The number of benzene rings is 1. The summed E-state index contributed by atoms with van der Waals surface area (Å²) < 4.78 is 26.6. The zero-order valence-corrected chi connectivity index (χ0v) is 13.0. The summed E-state index contributed by atoms with van der Waals surface area (Å²) in [5, 5.41) is 5.02. The Morgan fingerprint density at radius 2 is 2.00 bits per heavy atom. The number of aromatic nitrogens is 2. The molecule has 1 aromatic carbocycles. The van der Waals surface area contributed by atoms with Gasteiger partial charge in [0.15, 0.2) is 0 Å². The van der Waals surface area contributed by atoms with Crippen molar-refractivity contribution in [2.75, 3.05) is 24.3 Å². The van der Waals surface area contributed by atoms with E-state index in [1.807, 2.05) is 14.1 Å². The minimum atomic E-state index is -0.719. The Labute approximate surface area is 132 Å². The van der Waals surface area contributed by atoms with E-state index in [-0.39, 0.29) is 11.5 Å². The van der Waals surface area contributed by atoms with Crippen LogP contribution in [0.2, 0.25) is 0 Å². The first kappa shape index (κ1) is 16.6. The van der Waals surface area contributed by atoms with Crippen molar-refractivity contribution in [2.45, 2.75) is 13.0 Å². The molecular formula is C15H17F2N5O. The largest absolute Gasteiger partial charge is 0.363 e. The summed E-state index contributed by atoms with van der Waals surface area (Å²) in [6.07, 6.45) is 1.51. The van der Waals surface area contributed by atoms with Crippen LogP contribution in [0.3, 0.4) is 0 Å². The average Bonchev–Trinajstić information content (AvgIpc) is 2.47. The van der Waals surface area contributed by atoms with E-state index in [9.17, 15) is 13.6 Å². The fourth-order valence-corrected chi connectivity index (χ4v) is 1.92. The summed E-state index contributed by atoms with van der Waals surface area (Å²) >= 11 is 0. The molecule has 0 aliphatic rings. The third-order valence-corrected chi connectivity index (χ3v) is 3.10. The molecule has 2 rings (SSSR count). The number of rotatable bonds is 4. The van der Waals surface area contributed by atoms with Gasteiger partial charge in [-0.05, 0) is 19.1 Å². The Bertz CT molecular complexity index is 708. The number of carbonyl (C=O) groups is 1. The zero-order valence-electron chi connectivity index (χ0n) is 13.0. The topological polar surface area (TPSA) is 70.2 Å². The van der Waals surface area contributed by atoms with E-state index in [2.05, 4.69) is 20.6 Å². The van der Waals surface area contributed by atoms with E-state index >= 15 is 0 Å². The van der Waals surface area contributed by atoms with Crippen molar-refractivity contribution in [2.24, 2.45) is 0 Å². The van der Waals surface area contributed by atoms with Crippen LogP contribution in [0.4, 0.5) is 25.3 Å².